The predicted molar refractivity (Wildman–Crippen MR) is 103 cm³/mol. The summed E-state index contributed by atoms with van der Waals surface area (Å²) in [5.74, 6) is -0.518. The van der Waals surface area contributed by atoms with E-state index in [0.29, 0.717) is 11.1 Å². The molecule has 0 aliphatic carbocycles. The summed E-state index contributed by atoms with van der Waals surface area (Å²) in [7, 11) is 0. The summed E-state index contributed by atoms with van der Waals surface area (Å²) in [4.78, 5) is 25.5. The molecule has 4 nitrogen and oxygen atoms in total. The van der Waals surface area contributed by atoms with E-state index in [1.54, 1.807) is 71.0 Å². The molecule has 0 unspecified atom stereocenters. The Hall–Kier alpha value is -2.69. The lowest BCUT2D eigenvalue weighted by Gasteiger charge is -2.34. The third-order valence-corrected chi connectivity index (χ3v) is 4.21. The van der Waals surface area contributed by atoms with Crippen LogP contribution in [0.15, 0.2) is 54.6 Å². The number of Topliss-reactive ketones (excluding diaryl/α,β-unsaturated/α-hetero) is 1. The van der Waals surface area contributed by atoms with Crippen LogP contribution in [-0.4, -0.2) is 17.5 Å². The summed E-state index contributed by atoms with van der Waals surface area (Å²) in [6, 6.07) is 13.9. The van der Waals surface area contributed by atoms with Crippen LogP contribution >= 0.6 is 0 Å². The van der Waals surface area contributed by atoms with Gasteiger partial charge >= 0.3 is 6.09 Å². The molecule has 5 heteroatoms. The number of nitrogens with one attached hydrogen (secondary N) is 1. The lowest BCUT2D eigenvalue weighted by molar-refractivity contribution is 0.0447. The van der Waals surface area contributed by atoms with Crippen molar-refractivity contribution in [2.75, 3.05) is 0 Å². The maximum Gasteiger partial charge on any atom is 0.408 e. The summed E-state index contributed by atoms with van der Waals surface area (Å²) in [6.45, 7) is 8.81. The zero-order valence-corrected chi connectivity index (χ0v) is 16.4. The third-order valence-electron chi connectivity index (χ3n) is 4.21. The second-order valence-electron chi connectivity index (χ2n) is 8.05. The first-order valence-corrected chi connectivity index (χ1v) is 8.85. The van der Waals surface area contributed by atoms with E-state index >= 15 is 0 Å². The maximum absolute atomic E-state index is 13.4. The van der Waals surface area contributed by atoms with Crippen LogP contribution in [0.1, 0.15) is 56.6 Å². The minimum atomic E-state index is -0.990. The van der Waals surface area contributed by atoms with Gasteiger partial charge in [-0.2, -0.15) is 0 Å². The number of amides is 1. The summed E-state index contributed by atoms with van der Waals surface area (Å²) in [5, 5.41) is 2.80. The van der Waals surface area contributed by atoms with Crippen molar-refractivity contribution >= 4 is 11.9 Å². The highest BCUT2D eigenvalue weighted by atomic mass is 19.1. The highest BCUT2D eigenvalue weighted by Crippen LogP contribution is 2.37. The van der Waals surface area contributed by atoms with Gasteiger partial charge in [-0.1, -0.05) is 56.3 Å². The number of alkyl carbamates (subject to hydrolysis) is 1. The largest absolute Gasteiger partial charge is 0.444 e. The van der Waals surface area contributed by atoms with Crippen molar-refractivity contribution in [3.63, 3.8) is 0 Å². The molecule has 0 saturated carbocycles. The first kappa shape index (κ1) is 20.6. The van der Waals surface area contributed by atoms with E-state index in [0.717, 1.165) is 0 Å². The number of halogens is 1. The first-order valence-electron chi connectivity index (χ1n) is 8.85. The number of rotatable bonds is 5. The maximum atomic E-state index is 13.4. The zero-order valence-electron chi connectivity index (χ0n) is 16.4. The Balaban J connectivity index is 2.39. The van der Waals surface area contributed by atoms with Gasteiger partial charge in [0, 0.05) is 5.56 Å². The fraction of sp³-hybridized carbons (Fsp3) is 0.364. The van der Waals surface area contributed by atoms with Gasteiger partial charge in [0.25, 0.3) is 0 Å². The number of ketones is 1. The van der Waals surface area contributed by atoms with Gasteiger partial charge in [-0.15, -0.1) is 0 Å². The predicted octanol–water partition coefficient (Wildman–Crippen LogP) is 5.30. The van der Waals surface area contributed by atoms with Gasteiger partial charge in [0.2, 0.25) is 0 Å². The molecule has 144 valence electrons. The molecule has 1 amide bonds. The molecular weight excluding hydrogens is 345 g/mol. The molecule has 0 fully saturated rings. The second-order valence-corrected chi connectivity index (χ2v) is 8.05. The smallest absolute Gasteiger partial charge is 0.408 e. The normalized spacial score (nSPS) is 13.0. The van der Waals surface area contributed by atoms with E-state index in [1.165, 1.54) is 12.1 Å². The molecule has 0 saturated heterocycles. The molecule has 1 N–H and O–H groups in total. The molecule has 1 atom stereocenters. The Morgan fingerprint density at radius 1 is 0.926 bits per heavy atom. The lowest BCUT2D eigenvalue weighted by atomic mass is 9.75. The standard InChI is InChI=1S/C22H26FNO3/c1-21(2,3)27-20(26)24-18(15-11-13-17(23)14-12-15)22(4,5)19(25)16-9-7-6-8-10-16/h6-14,18H,1-5H3,(H,24,26)/t18-/m0/s1. The van der Waals surface area contributed by atoms with Gasteiger partial charge in [0.15, 0.2) is 5.78 Å². The number of ether oxygens (including phenoxy) is 1. The highest BCUT2D eigenvalue weighted by Gasteiger charge is 2.40. The van der Waals surface area contributed by atoms with Gasteiger partial charge < -0.3 is 10.1 Å². The lowest BCUT2D eigenvalue weighted by Crippen LogP contribution is -2.44. The van der Waals surface area contributed by atoms with Crippen molar-refractivity contribution in [1.29, 1.82) is 0 Å². The van der Waals surface area contributed by atoms with Crippen molar-refractivity contribution in [3.05, 3.63) is 71.5 Å². The molecule has 0 radical (unpaired) electrons. The van der Waals surface area contributed by atoms with Gasteiger partial charge in [-0.25, -0.2) is 9.18 Å². The van der Waals surface area contributed by atoms with E-state index in [1.807, 2.05) is 6.07 Å². The van der Waals surface area contributed by atoms with Crippen LogP contribution in [0, 0.1) is 11.2 Å². The van der Waals surface area contributed by atoms with E-state index in [9.17, 15) is 14.0 Å². The Kier molecular flexibility index (Phi) is 6.04. The van der Waals surface area contributed by atoms with Crippen molar-refractivity contribution in [3.8, 4) is 0 Å². The molecule has 2 rings (SSSR count). The summed E-state index contributed by atoms with van der Waals surface area (Å²) >= 11 is 0. The summed E-state index contributed by atoms with van der Waals surface area (Å²) in [6.07, 6.45) is -0.634. The molecule has 27 heavy (non-hydrogen) atoms. The van der Waals surface area contributed by atoms with Crippen LogP contribution in [0.2, 0.25) is 0 Å². The molecule has 2 aromatic carbocycles. The molecule has 0 spiro atoms. The molecule has 0 aliphatic heterocycles. The average molecular weight is 371 g/mol. The molecule has 0 aliphatic rings. The fourth-order valence-electron chi connectivity index (χ4n) is 2.85. The van der Waals surface area contributed by atoms with Crippen LogP contribution in [0.5, 0.6) is 0 Å². The number of benzene rings is 2. The van der Waals surface area contributed by atoms with E-state index in [4.69, 9.17) is 4.74 Å². The van der Waals surface area contributed by atoms with E-state index in [-0.39, 0.29) is 11.6 Å². The molecule has 0 bridgehead atoms. The van der Waals surface area contributed by atoms with Crippen LogP contribution < -0.4 is 5.32 Å². The Bertz CT molecular complexity index is 793. The SMILES string of the molecule is CC(C)(C)OC(=O)N[C@@H](c1ccc(F)cc1)C(C)(C)C(=O)c1ccccc1. The van der Waals surface area contributed by atoms with Gasteiger partial charge in [0.1, 0.15) is 11.4 Å². The molecule has 2 aromatic rings. The zero-order chi connectivity index (χ0) is 20.2. The Morgan fingerprint density at radius 3 is 2.00 bits per heavy atom. The van der Waals surface area contributed by atoms with Crippen LogP contribution in [0.3, 0.4) is 0 Å². The third kappa shape index (κ3) is 5.39. The monoisotopic (exact) mass is 371 g/mol. The summed E-state index contributed by atoms with van der Waals surface area (Å²) in [5.41, 5.74) is -0.502. The highest BCUT2D eigenvalue weighted by molar-refractivity contribution is 6.00. The molecular formula is C22H26FNO3. The Morgan fingerprint density at radius 2 is 1.48 bits per heavy atom. The summed E-state index contributed by atoms with van der Waals surface area (Å²) < 4.78 is 18.7. The number of hydrogen-bond donors (Lipinski definition) is 1. The first-order chi connectivity index (χ1) is 12.5. The van der Waals surface area contributed by atoms with Crippen molar-refractivity contribution in [1.82, 2.24) is 5.32 Å². The number of carbonyl (C=O) groups excluding carboxylic acids is 2. The molecule has 0 heterocycles. The van der Waals surface area contributed by atoms with E-state index in [2.05, 4.69) is 5.32 Å². The fourth-order valence-corrected chi connectivity index (χ4v) is 2.85. The van der Waals surface area contributed by atoms with Gasteiger partial charge in [-0.3, -0.25) is 4.79 Å². The van der Waals surface area contributed by atoms with Crippen molar-refractivity contribution < 1.29 is 18.7 Å². The average Bonchev–Trinajstić information content (AvgIpc) is 2.59. The molecule has 0 aromatic heterocycles. The van der Waals surface area contributed by atoms with Crippen molar-refractivity contribution in [2.24, 2.45) is 5.41 Å². The number of carbonyl (C=O) groups is 2. The van der Waals surface area contributed by atoms with Crippen LogP contribution in [0.25, 0.3) is 0 Å². The Labute approximate surface area is 159 Å². The van der Waals surface area contributed by atoms with Crippen LogP contribution in [-0.2, 0) is 4.74 Å². The topological polar surface area (TPSA) is 55.4 Å². The van der Waals surface area contributed by atoms with Crippen molar-refractivity contribution in [2.45, 2.75) is 46.3 Å². The van der Waals surface area contributed by atoms with Gasteiger partial charge in [0.05, 0.1) is 11.5 Å². The van der Waals surface area contributed by atoms with E-state index < -0.39 is 23.2 Å². The minimum absolute atomic E-state index is 0.131. The van der Waals surface area contributed by atoms with Gasteiger partial charge in [-0.05, 0) is 38.5 Å². The number of hydrogen-bond acceptors (Lipinski definition) is 3. The quantitative estimate of drug-likeness (QED) is 0.726. The van der Waals surface area contributed by atoms with Crippen LogP contribution in [0.4, 0.5) is 9.18 Å². The minimum Gasteiger partial charge on any atom is -0.444 e. The second kappa shape index (κ2) is 7.91.